The lowest BCUT2D eigenvalue weighted by molar-refractivity contribution is -0.128. The second-order valence-corrected chi connectivity index (χ2v) is 9.12. The SMILES string of the molecule is CC1CCC(N[C@@H]2CCN(C(=O)CNc3ncnc4cc(Cl)c(Cl)cc34)C2)CC1. The standard InChI is InChI=1S/C21H27Cl2N5O/c1-13-2-4-14(5-3-13)27-15-6-7-28(11-15)20(29)10-24-21-16-8-17(22)18(23)9-19(16)25-12-26-21/h8-9,12-15,27H,2-7,10-11H2,1H3,(H,24,25,26)/t13?,14?,15-/m1/s1. The molecule has 0 spiro atoms. The van der Waals surface area contributed by atoms with E-state index in [2.05, 4.69) is 27.5 Å². The molecule has 0 radical (unpaired) electrons. The number of aromatic nitrogens is 2. The molecule has 1 aromatic heterocycles. The molecule has 1 aromatic carbocycles. The Morgan fingerprint density at radius 1 is 1.10 bits per heavy atom. The fraction of sp³-hybridized carbons (Fsp3) is 0.571. The third-order valence-corrected chi connectivity index (χ3v) is 6.83. The van der Waals surface area contributed by atoms with E-state index in [1.54, 1.807) is 12.1 Å². The minimum Gasteiger partial charge on any atom is -0.360 e. The number of carbonyl (C=O) groups is 1. The van der Waals surface area contributed by atoms with Gasteiger partial charge in [0.2, 0.25) is 5.91 Å². The number of hydrogen-bond donors (Lipinski definition) is 2. The first-order valence-electron chi connectivity index (χ1n) is 10.4. The summed E-state index contributed by atoms with van der Waals surface area (Å²) in [6.45, 7) is 4.11. The van der Waals surface area contributed by atoms with Crippen molar-refractivity contribution in [2.75, 3.05) is 25.0 Å². The zero-order valence-electron chi connectivity index (χ0n) is 16.6. The molecule has 156 valence electrons. The lowest BCUT2D eigenvalue weighted by atomic mass is 9.87. The number of hydrogen-bond acceptors (Lipinski definition) is 5. The first-order valence-corrected chi connectivity index (χ1v) is 11.1. The molecule has 2 heterocycles. The minimum absolute atomic E-state index is 0.0818. The van der Waals surface area contributed by atoms with Crippen molar-refractivity contribution >= 4 is 45.8 Å². The van der Waals surface area contributed by atoms with Crippen molar-refractivity contribution in [2.24, 2.45) is 5.92 Å². The Labute approximate surface area is 181 Å². The molecule has 2 fully saturated rings. The zero-order chi connectivity index (χ0) is 20.4. The molecule has 29 heavy (non-hydrogen) atoms. The Morgan fingerprint density at radius 2 is 1.86 bits per heavy atom. The van der Waals surface area contributed by atoms with E-state index in [0.717, 1.165) is 30.8 Å². The van der Waals surface area contributed by atoms with Crippen LogP contribution in [0.25, 0.3) is 10.9 Å². The highest BCUT2D eigenvalue weighted by Crippen LogP contribution is 2.29. The van der Waals surface area contributed by atoms with Gasteiger partial charge in [-0.25, -0.2) is 9.97 Å². The van der Waals surface area contributed by atoms with E-state index in [1.807, 2.05) is 4.90 Å². The molecule has 1 aliphatic heterocycles. The average molecular weight is 436 g/mol. The summed E-state index contributed by atoms with van der Waals surface area (Å²) in [7, 11) is 0. The van der Waals surface area contributed by atoms with E-state index >= 15 is 0 Å². The minimum atomic E-state index is 0.0818. The number of likely N-dealkylation sites (tertiary alicyclic amines) is 1. The average Bonchev–Trinajstić information content (AvgIpc) is 3.17. The number of anilines is 1. The molecule has 1 aliphatic carbocycles. The van der Waals surface area contributed by atoms with Gasteiger partial charge in [-0.15, -0.1) is 0 Å². The summed E-state index contributed by atoms with van der Waals surface area (Å²) in [6, 6.07) is 4.44. The van der Waals surface area contributed by atoms with Gasteiger partial charge in [0.1, 0.15) is 12.1 Å². The van der Waals surface area contributed by atoms with Crippen molar-refractivity contribution in [3.63, 3.8) is 0 Å². The van der Waals surface area contributed by atoms with Crippen LogP contribution in [0.5, 0.6) is 0 Å². The molecule has 1 atom stereocenters. The summed E-state index contributed by atoms with van der Waals surface area (Å²) < 4.78 is 0. The molecule has 2 N–H and O–H groups in total. The Hall–Kier alpha value is -1.63. The fourth-order valence-corrected chi connectivity index (χ4v) is 4.67. The van der Waals surface area contributed by atoms with Crippen molar-refractivity contribution in [3.8, 4) is 0 Å². The second-order valence-electron chi connectivity index (χ2n) is 8.31. The van der Waals surface area contributed by atoms with Gasteiger partial charge in [-0.3, -0.25) is 4.79 Å². The Bertz CT molecular complexity index is 885. The molecule has 1 amide bonds. The number of fused-ring (bicyclic) bond motifs is 1. The van der Waals surface area contributed by atoms with E-state index < -0.39 is 0 Å². The van der Waals surface area contributed by atoms with Crippen molar-refractivity contribution in [2.45, 2.75) is 51.1 Å². The molecule has 2 aliphatic rings. The third kappa shape index (κ3) is 4.93. The van der Waals surface area contributed by atoms with Crippen LogP contribution in [0.15, 0.2) is 18.5 Å². The fourth-order valence-electron chi connectivity index (χ4n) is 4.35. The summed E-state index contributed by atoms with van der Waals surface area (Å²) in [5.74, 6) is 1.52. The Morgan fingerprint density at radius 3 is 2.66 bits per heavy atom. The number of halogens is 2. The van der Waals surface area contributed by atoms with Crippen LogP contribution in [0.2, 0.25) is 10.0 Å². The molecule has 4 rings (SSSR count). The van der Waals surface area contributed by atoms with Crippen molar-refractivity contribution < 1.29 is 4.79 Å². The van der Waals surface area contributed by atoms with Crippen molar-refractivity contribution in [1.82, 2.24) is 20.2 Å². The smallest absolute Gasteiger partial charge is 0.241 e. The van der Waals surface area contributed by atoms with Crippen LogP contribution in [0.4, 0.5) is 5.82 Å². The van der Waals surface area contributed by atoms with Crippen LogP contribution in [0, 0.1) is 5.92 Å². The molecule has 1 saturated heterocycles. The quantitative estimate of drug-likeness (QED) is 0.738. The molecular weight excluding hydrogens is 409 g/mol. The normalized spacial score (nSPS) is 24.8. The van der Waals surface area contributed by atoms with Crippen LogP contribution in [0.3, 0.4) is 0 Å². The zero-order valence-corrected chi connectivity index (χ0v) is 18.1. The van der Waals surface area contributed by atoms with Gasteiger partial charge in [0.05, 0.1) is 22.1 Å². The largest absolute Gasteiger partial charge is 0.360 e. The number of carbonyl (C=O) groups excluding carboxylic acids is 1. The predicted octanol–water partition coefficient (Wildman–Crippen LogP) is 4.12. The highest BCUT2D eigenvalue weighted by molar-refractivity contribution is 6.42. The summed E-state index contributed by atoms with van der Waals surface area (Å²) in [6.07, 6.45) is 7.59. The van der Waals surface area contributed by atoms with Crippen LogP contribution in [-0.4, -0.2) is 52.5 Å². The number of rotatable bonds is 5. The van der Waals surface area contributed by atoms with Crippen LogP contribution >= 0.6 is 23.2 Å². The highest BCUT2D eigenvalue weighted by atomic mass is 35.5. The summed E-state index contributed by atoms with van der Waals surface area (Å²) >= 11 is 12.2. The van der Waals surface area contributed by atoms with Gasteiger partial charge >= 0.3 is 0 Å². The van der Waals surface area contributed by atoms with Gasteiger partial charge in [-0.2, -0.15) is 0 Å². The van der Waals surface area contributed by atoms with Crippen LogP contribution in [0.1, 0.15) is 39.0 Å². The van der Waals surface area contributed by atoms with Crippen LogP contribution < -0.4 is 10.6 Å². The van der Waals surface area contributed by atoms with Gasteiger partial charge in [-0.05, 0) is 50.2 Å². The van der Waals surface area contributed by atoms with E-state index in [9.17, 15) is 4.79 Å². The van der Waals surface area contributed by atoms with Crippen molar-refractivity contribution in [1.29, 1.82) is 0 Å². The lowest BCUT2D eigenvalue weighted by Gasteiger charge is -2.29. The third-order valence-electron chi connectivity index (χ3n) is 6.11. The molecule has 0 bridgehead atoms. The number of nitrogens with zero attached hydrogens (tertiary/aromatic N) is 3. The van der Waals surface area contributed by atoms with E-state index in [4.69, 9.17) is 23.2 Å². The van der Waals surface area contributed by atoms with E-state index in [-0.39, 0.29) is 12.5 Å². The Kier molecular flexibility index (Phi) is 6.42. The summed E-state index contributed by atoms with van der Waals surface area (Å²) in [5, 5.41) is 8.56. The first-order chi connectivity index (χ1) is 14.0. The maximum absolute atomic E-state index is 12.7. The van der Waals surface area contributed by atoms with E-state index in [1.165, 1.54) is 32.0 Å². The molecule has 8 heteroatoms. The lowest BCUT2D eigenvalue weighted by Crippen LogP contribution is -2.43. The molecular formula is C21H27Cl2N5O. The Balaban J connectivity index is 1.31. The molecule has 2 aromatic rings. The summed E-state index contributed by atoms with van der Waals surface area (Å²) in [5.41, 5.74) is 0.691. The number of benzene rings is 1. The molecule has 0 unspecified atom stereocenters. The van der Waals surface area contributed by atoms with Crippen LogP contribution in [-0.2, 0) is 4.79 Å². The molecule has 1 saturated carbocycles. The predicted molar refractivity (Wildman–Crippen MR) is 118 cm³/mol. The first kappa shape index (κ1) is 20.6. The van der Waals surface area contributed by atoms with Gasteiger partial charge < -0.3 is 15.5 Å². The maximum atomic E-state index is 12.7. The van der Waals surface area contributed by atoms with Gasteiger partial charge in [0.15, 0.2) is 0 Å². The van der Waals surface area contributed by atoms with Gasteiger partial charge in [0.25, 0.3) is 0 Å². The monoisotopic (exact) mass is 435 g/mol. The number of nitrogens with one attached hydrogen (secondary N) is 2. The van der Waals surface area contributed by atoms with Crippen molar-refractivity contribution in [3.05, 3.63) is 28.5 Å². The maximum Gasteiger partial charge on any atom is 0.241 e. The van der Waals surface area contributed by atoms with Gasteiger partial charge in [0, 0.05) is 30.6 Å². The number of amides is 1. The highest BCUT2D eigenvalue weighted by Gasteiger charge is 2.28. The second kappa shape index (κ2) is 9.02. The molecule has 6 nitrogen and oxygen atoms in total. The van der Waals surface area contributed by atoms with Gasteiger partial charge in [-0.1, -0.05) is 30.1 Å². The topological polar surface area (TPSA) is 70.2 Å². The summed E-state index contributed by atoms with van der Waals surface area (Å²) in [4.78, 5) is 23.1. The van der Waals surface area contributed by atoms with E-state index in [0.29, 0.717) is 33.5 Å².